The summed E-state index contributed by atoms with van der Waals surface area (Å²) < 4.78 is 49.9. The van der Waals surface area contributed by atoms with Crippen LogP contribution in [-0.4, -0.2) is 29.0 Å². The lowest BCUT2D eigenvalue weighted by Crippen LogP contribution is -2.25. The van der Waals surface area contributed by atoms with Crippen LogP contribution in [0.5, 0.6) is 0 Å². The lowest BCUT2D eigenvalue weighted by Gasteiger charge is -2.23. The lowest BCUT2D eigenvalue weighted by atomic mass is 9.90. The van der Waals surface area contributed by atoms with E-state index in [1.165, 1.54) is 12.3 Å². The Hall–Kier alpha value is -3.40. The van der Waals surface area contributed by atoms with Gasteiger partial charge in [-0.1, -0.05) is 12.1 Å². The highest BCUT2D eigenvalue weighted by Crippen LogP contribution is 2.33. The molecule has 2 aromatic heterocycles. The predicted octanol–water partition coefficient (Wildman–Crippen LogP) is 4.56. The maximum atomic E-state index is 13.4. The number of nitrogens with two attached hydrogens (primary N) is 1. The number of benzene rings is 1. The molecule has 3 aromatic rings. The van der Waals surface area contributed by atoms with Crippen molar-refractivity contribution >= 4 is 17.5 Å². The number of nitrogens with one attached hydrogen (secondary N) is 1. The van der Waals surface area contributed by atoms with Crippen molar-refractivity contribution in [3.05, 3.63) is 59.4 Å². The van der Waals surface area contributed by atoms with Crippen LogP contribution < -0.4 is 11.1 Å². The number of aromatic nitrogens is 2. The van der Waals surface area contributed by atoms with E-state index in [0.29, 0.717) is 37.4 Å². The van der Waals surface area contributed by atoms with Gasteiger partial charge in [-0.2, -0.15) is 18.2 Å². The number of hydrogen-bond acceptors (Lipinski definition) is 7. The van der Waals surface area contributed by atoms with Gasteiger partial charge in [0.05, 0.1) is 17.4 Å². The van der Waals surface area contributed by atoms with E-state index in [2.05, 4.69) is 15.3 Å². The molecular formula is C22H21F3N4O3. The summed E-state index contributed by atoms with van der Waals surface area (Å²) in [7, 11) is 0. The van der Waals surface area contributed by atoms with Gasteiger partial charge in [-0.3, -0.25) is 4.79 Å². The molecule has 0 atom stereocenters. The van der Waals surface area contributed by atoms with Gasteiger partial charge in [0.15, 0.2) is 11.5 Å². The third-order valence-electron chi connectivity index (χ3n) is 5.23. The summed E-state index contributed by atoms with van der Waals surface area (Å²) in [5, 5.41) is 2.98. The molecule has 0 amide bonds. The number of Topliss-reactive ketones (excluding diaryl/α,β-unsaturated/α-hetero) is 1. The first-order valence-corrected chi connectivity index (χ1v) is 10.1. The van der Waals surface area contributed by atoms with Gasteiger partial charge in [-0.15, -0.1) is 0 Å². The van der Waals surface area contributed by atoms with E-state index in [9.17, 15) is 18.0 Å². The minimum Gasteiger partial charge on any atom is -0.463 e. The Balaban J connectivity index is 1.70. The fraction of sp³-hybridized carbons (Fsp3) is 0.318. The van der Waals surface area contributed by atoms with Crippen molar-refractivity contribution in [2.45, 2.75) is 25.6 Å². The normalized spacial score (nSPS) is 15.0. The Kier molecular flexibility index (Phi) is 6.13. The van der Waals surface area contributed by atoms with Crippen LogP contribution in [0, 0.1) is 5.92 Å². The Morgan fingerprint density at radius 3 is 2.62 bits per heavy atom. The van der Waals surface area contributed by atoms with Crippen LogP contribution in [0.4, 0.5) is 24.9 Å². The number of anilines is 2. The summed E-state index contributed by atoms with van der Waals surface area (Å²) in [5.41, 5.74) is 5.94. The van der Waals surface area contributed by atoms with Crippen LogP contribution in [0.25, 0.3) is 11.5 Å². The average Bonchev–Trinajstić information content (AvgIpc) is 3.32. The molecule has 1 saturated heterocycles. The van der Waals surface area contributed by atoms with Gasteiger partial charge >= 0.3 is 6.18 Å². The second-order valence-electron chi connectivity index (χ2n) is 7.43. The van der Waals surface area contributed by atoms with Crippen LogP contribution >= 0.6 is 0 Å². The number of furan rings is 1. The van der Waals surface area contributed by atoms with Gasteiger partial charge in [-0.25, -0.2) is 4.98 Å². The maximum absolute atomic E-state index is 13.4. The highest BCUT2D eigenvalue weighted by molar-refractivity contribution is 6.06. The van der Waals surface area contributed by atoms with E-state index >= 15 is 0 Å². The molecule has 3 heterocycles. The van der Waals surface area contributed by atoms with E-state index in [1.807, 2.05) is 0 Å². The fourth-order valence-corrected chi connectivity index (χ4v) is 3.64. The molecule has 7 nitrogen and oxygen atoms in total. The highest BCUT2D eigenvalue weighted by atomic mass is 19.4. The standard InChI is InChI=1S/C22H21F3N4O3/c23-22(24,25)15-4-1-3-13(11-15)12-27-20-17(19(30)14-6-9-31-10-7-14)18(28-21(26)29-20)16-5-2-8-32-16/h1-5,8,11,14H,6-7,9-10,12H2,(H3,26,27,28,29). The van der Waals surface area contributed by atoms with Crippen molar-refractivity contribution in [1.29, 1.82) is 0 Å². The maximum Gasteiger partial charge on any atom is 0.416 e. The SMILES string of the molecule is Nc1nc(NCc2cccc(C(F)(F)F)c2)c(C(=O)C2CCOCC2)c(-c2ccco2)n1. The fourth-order valence-electron chi connectivity index (χ4n) is 3.64. The van der Waals surface area contributed by atoms with Gasteiger partial charge in [0, 0.05) is 25.7 Å². The van der Waals surface area contributed by atoms with Crippen LogP contribution in [0.3, 0.4) is 0 Å². The van der Waals surface area contributed by atoms with E-state index < -0.39 is 11.7 Å². The monoisotopic (exact) mass is 446 g/mol. The first kappa shape index (κ1) is 21.8. The van der Waals surface area contributed by atoms with Gasteiger partial charge in [-0.05, 0) is 42.7 Å². The summed E-state index contributed by atoms with van der Waals surface area (Å²) in [6, 6.07) is 8.24. The Labute approximate surface area is 181 Å². The second-order valence-corrected chi connectivity index (χ2v) is 7.43. The van der Waals surface area contributed by atoms with Crippen molar-refractivity contribution in [3.8, 4) is 11.5 Å². The molecule has 1 aliphatic heterocycles. The third-order valence-corrected chi connectivity index (χ3v) is 5.23. The molecule has 3 N–H and O–H groups in total. The summed E-state index contributed by atoms with van der Waals surface area (Å²) in [6.45, 7) is 0.941. The van der Waals surface area contributed by atoms with Gasteiger partial charge in [0.25, 0.3) is 0 Å². The molecule has 1 fully saturated rings. The molecular weight excluding hydrogens is 425 g/mol. The number of carbonyl (C=O) groups is 1. The van der Waals surface area contributed by atoms with Crippen LogP contribution in [0.1, 0.15) is 34.3 Å². The number of alkyl halides is 3. The molecule has 0 radical (unpaired) electrons. The smallest absolute Gasteiger partial charge is 0.416 e. The zero-order chi connectivity index (χ0) is 22.7. The molecule has 10 heteroatoms. The molecule has 168 valence electrons. The molecule has 32 heavy (non-hydrogen) atoms. The first-order valence-electron chi connectivity index (χ1n) is 10.1. The minimum absolute atomic E-state index is 0.00598. The first-order chi connectivity index (χ1) is 15.3. The zero-order valence-electron chi connectivity index (χ0n) is 17.0. The van der Waals surface area contributed by atoms with Crippen molar-refractivity contribution in [2.24, 2.45) is 5.92 Å². The van der Waals surface area contributed by atoms with Crippen LogP contribution in [-0.2, 0) is 17.5 Å². The average molecular weight is 446 g/mol. The van der Waals surface area contributed by atoms with Crippen LogP contribution in [0.2, 0.25) is 0 Å². The summed E-state index contributed by atoms with van der Waals surface area (Å²) in [5.74, 6) is -0.0778. The largest absolute Gasteiger partial charge is 0.463 e. The minimum atomic E-state index is -4.45. The van der Waals surface area contributed by atoms with Gasteiger partial charge in [0.1, 0.15) is 11.5 Å². The van der Waals surface area contributed by atoms with Crippen molar-refractivity contribution in [2.75, 3.05) is 24.3 Å². The Bertz CT molecular complexity index is 1090. The summed E-state index contributed by atoms with van der Waals surface area (Å²) >= 11 is 0. The predicted molar refractivity (Wildman–Crippen MR) is 111 cm³/mol. The quantitative estimate of drug-likeness (QED) is 0.535. The molecule has 1 aliphatic rings. The number of hydrogen-bond donors (Lipinski definition) is 2. The molecule has 0 unspecified atom stereocenters. The van der Waals surface area contributed by atoms with Crippen molar-refractivity contribution in [3.63, 3.8) is 0 Å². The lowest BCUT2D eigenvalue weighted by molar-refractivity contribution is -0.137. The second kappa shape index (κ2) is 8.99. The van der Waals surface area contributed by atoms with Gasteiger partial charge in [0.2, 0.25) is 5.95 Å². The molecule has 0 aliphatic carbocycles. The van der Waals surface area contributed by atoms with E-state index in [4.69, 9.17) is 14.9 Å². The number of ether oxygens (including phenoxy) is 1. The van der Waals surface area contributed by atoms with Crippen molar-refractivity contribution < 1.29 is 27.1 Å². The molecule has 0 bridgehead atoms. The summed E-state index contributed by atoms with van der Waals surface area (Å²) in [4.78, 5) is 21.8. The summed E-state index contributed by atoms with van der Waals surface area (Å²) in [6.07, 6.45) is -1.90. The molecule has 4 rings (SSSR count). The number of carbonyl (C=O) groups excluding carboxylic acids is 1. The zero-order valence-corrected chi connectivity index (χ0v) is 17.0. The number of ketones is 1. The number of nitrogen functional groups attached to an aromatic ring is 1. The van der Waals surface area contributed by atoms with E-state index in [0.717, 1.165) is 12.1 Å². The Morgan fingerprint density at radius 1 is 1.16 bits per heavy atom. The van der Waals surface area contributed by atoms with Crippen molar-refractivity contribution in [1.82, 2.24) is 9.97 Å². The van der Waals surface area contributed by atoms with Crippen LogP contribution in [0.15, 0.2) is 47.1 Å². The molecule has 0 spiro atoms. The number of rotatable bonds is 6. The molecule has 0 saturated carbocycles. The highest BCUT2D eigenvalue weighted by Gasteiger charge is 2.31. The Morgan fingerprint density at radius 2 is 1.94 bits per heavy atom. The van der Waals surface area contributed by atoms with E-state index in [1.54, 1.807) is 18.2 Å². The topological polar surface area (TPSA) is 103 Å². The van der Waals surface area contributed by atoms with Gasteiger partial charge < -0.3 is 20.2 Å². The number of halogens is 3. The van der Waals surface area contributed by atoms with E-state index in [-0.39, 0.29) is 41.3 Å². The molecule has 1 aromatic carbocycles. The number of nitrogens with zero attached hydrogens (tertiary/aromatic N) is 2. The third kappa shape index (κ3) is 4.75.